The van der Waals surface area contributed by atoms with E-state index < -0.39 is 0 Å². The summed E-state index contributed by atoms with van der Waals surface area (Å²) in [6, 6.07) is 19.6. The zero-order valence-corrected chi connectivity index (χ0v) is 18.7. The van der Waals surface area contributed by atoms with E-state index in [2.05, 4.69) is 20.5 Å². The van der Waals surface area contributed by atoms with Gasteiger partial charge in [-0.15, -0.1) is 10.2 Å². The number of anilines is 1. The minimum atomic E-state index is -0.259. The lowest BCUT2D eigenvalue weighted by molar-refractivity contribution is -0.113. The minimum absolute atomic E-state index is 0.111. The van der Waals surface area contributed by atoms with Crippen LogP contribution < -0.4 is 5.32 Å². The van der Waals surface area contributed by atoms with Gasteiger partial charge in [0.2, 0.25) is 5.91 Å². The first-order valence-corrected chi connectivity index (χ1v) is 11.1. The molecule has 2 aromatic carbocycles. The number of halogens is 2. The Morgan fingerprint density at radius 1 is 1.03 bits per heavy atom. The maximum absolute atomic E-state index is 12.5. The van der Waals surface area contributed by atoms with E-state index in [0.717, 1.165) is 11.3 Å². The van der Waals surface area contributed by atoms with Gasteiger partial charge in [-0.05, 0) is 24.6 Å². The van der Waals surface area contributed by atoms with Crippen molar-refractivity contribution < 1.29 is 4.79 Å². The second-order valence-electron chi connectivity index (χ2n) is 6.57. The molecule has 156 valence electrons. The molecule has 1 amide bonds. The lowest BCUT2D eigenvalue weighted by Gasteiger charge is -2.11. The quantitative estimate of drug-likeness (QED) is 0.368. The fourth-order valence-electron chi connectivity index (χ4n) is 2.89. The van der Waals surface area contributed by atoms with Gasteiger partial charge in [0.15, 0.2) is 16.8 Å². The highest BCUT2D eigenvalue weighted by Gasteiger charge is 2.18. The molecule has 31 heavy (non-hydrogen) atoms. The summed E-state index contributed by atoms with van der Waals surface area (Å²) in [7, 11) is 0. The second-order valence-corrected chi connectivity index (χ2v) is 8.30. The number of carbonyl (C=O) groups excluding carboxylic acids is 1. The minimum Gasteiger partial charge on any atom is -0.309 e. The zero-order chi connectivity index (χ0) is 21.8. The summed E-state index contributed by atoms with van der Waals surface area (Å²) in [5, 5.41) is 12.8. The lowest BCUT2D eigenvalue weighted by Crippen LogP contribution is -2.16. The molecule has 0 aliphatic rings. The molecule has 2 aromatic heterocycles. The van der Waals surface area contributed by atoms with Crippen LogP contribution in [0.25, 0.3) is 17.1 Å². The lowest BCUT2D eigenvalue weighted by atomic mass is 10.2. The van der Waals surface area contributed by atoms with E-state index in [1.54, 1.807) is 6.92 Å². The molecule has 0 unspecified atom stereocenters. The number of nitrogens with zero attached hydrogens (tertiary/aromatic N) is 4. The summed E-state index contributed by atoms with van der Waals surface area (Å²) in [4.78, 5) is 16.6. The van der Waals surface area contributed by atoms with E-state index in [1.807, 2.05) is 65.2 Å². The van der Waals surface area contributed by atoms with E-state index >= 15 is 0 Å². The maximum atomic E-state index is 12.5. The first kappa shape index (κ1) is 21.4. The summed E-state index contributed by atoms with van der Waals surface area (Å²) in [5.41, 5.74) is 2.51. The van der Waals surface area contributed by atoms with Crippen LogP contribution in [0.3, 0.4) is 0 Å². The van der Waals surface area contributed by atoms with Crippen LogP contribution in [0.5, 0.6) is 0 Å². The fraction of sp³-hybridized carbons (Fsp3) is 0.0909. The van der Waals surface area contributed by atoms with Gasteiger partial charge >= 0.3 is 0 Å². The van der Waals surface area contributed by atoms with Crippen molar-refractivity contribution in [2.75, 3.05) is 11.1 Å². The number of rotatable bonds is 6. The number of nitrogens with one attached hydrogen (secondary N) is 1. The summed E-state index contributed by atoms with van der Waals surface area (Å²) in [6.07, 6.45) is 1.46. The Labute approximate surface area is 193 Å². The van der Waals surface area contributed by atoms with Gasteiger partial charge in [-0.3, -0.25) is 9.36 Å². The van der Waals surface area contributed by atoms with Crippen molar-refractivity contribution in [2.45, 2.75) is 12.1 Å². The van der Waals surface area contributed by atoms with Crippen LogP contribution in [0.1, 0.15) is 5.56 Å². The maximum Gasteiger partial charge on any atom is 0.236 e. The number of amides is 1. The molecule has 0 aliphatic carbocycles. The van der Waals surface area contributed by atoms with Crippen molar-refractivity contribution in [3.8, 4) is 17.1 Å². The topological polar surface area (TPSA) is 72.7 Å². The summed E-state index contributed by atoms with van der Waals surface area (Å²) < 4.78 is 1.94. The van der Waals surface area contributed by atoms with Gasteiger partial charge in [0, 0.05) is 17.4 Å². The number of hydrogen-bond donors (Lipinski definition) is 1. The van der Waals surface area contributed by atoms with Gasteiger partial charge < -0.3 is 5.32 Å². The number of pyridine rings is 1. The van der Waals surface area contributed by atoms with Crippen LogP contribution in [0.15, 0.2) is 72.0 Å². The van der Waals surface area contributed by atoms with Crippen LogP contribution in [-0.4, -0.2) is 31.4 Å². The van der Waals surface area contributed by atoms with E-state index in [4.69, 9.17) is 23.2 Å². The molecule has 0 spiro atoms. The van der Waals surface area contributed by atoms with Gasteiger partial charge in [0.25, 0.3) is 0 Å². The summed E-state index contributed by atoms with van der Waals surface area (Å²) >= 11 is 13.5. The smallest absolute Gasteiger partial charge is 0.236 e. The van der Waals surface area contributed by atoms with Gasteiger partial charge in [-0.2, -0.15) is 0 Å². The molecular formula is C22H17Cl2N5OS. The van der Waals surface area contributed by atoms with Crippen molar-refractivity contribution in [1.82, 2.24) is 19.7 Å². The Bertz CT molecular complexity index is 1220. The molecular weight excluding hydrogens is 453 g/mol. The summed E-state index contributed by atoms with van der Waals surface area (Å²) in [6.45, 7) is 1.77. The highest BCUT2D eigenvalue weighted by Crippen LogP contribution is 2.30. The molecule has 0 aliphatic heterocycles. The van der Waals surface area contributed by atoms with Crippen molar-refractivity contribution in [3.63, 3.8) is 0 Å². The Balaban J connectivity index is 1.57. The molecule has 0 saturated carbocycles. The van der Waals surface area contributed by atoms with E-state index in [0.29, 0.717) is 26.6 Å². The third-order valence-corrected chi connectivity index (χ3v) is 6.24. The Morgan fingerprint density at radius 3 is 2.42 bits per heavy atom. The fourth-order valence-corrected chi connectivity index (χ4v) is 4.03. The molecule has 1 N–H and O–H groups in total. The number of carbonyl (C=O) groups is 1. The van der Waals surface area contributed by atoms with E-state index in [9.17, 15) is 4.79 Å². The van der Waals surface area contributed by atoms with Crippen LogP contribution in [0.2, 0.25) is 10.0 Å². The molecule has 9 heteroatoms. The summed E-state index contributed by atoms with van der Waals surface area (Å²) in [5.74, 6) is 0.834. The molecule has 6 nitrogen and oxygen atoms in total. The first-order chi connectivity index (χ1) is 15.0. The number of aromatic nitrogens is 4. The molecule has 0 fully saturated rings. The third kappa shape index (κ3) is 4.74. The highest BCUT2D eigenvalue weighted by atomic mass is 35.5. The van der Waals surface area contributed by atoms with Crippen molar-refractivity contribution in [3.05, 3.63) is 82.5 Å². The molecule has 4 rings (SSSR count). The number of para-hydroxylation sites is 1. The van der Waals surface area contributed by atoms with Crippen molar-refractivity contribution in [1.29, 1.82) is 0 Å². The number of benzene rings is 2. The van der Waals surface area contributed by atoms with Crippen molar-refractivity contribution >= 4 is 46.7 Å². The highest BCUT2D eigenvalue weighted by molar-refractivity contribution is 7.99. The van der Waals surface area contributed by atoms with E-state index in [-0.39, 0.29) is 17.5 Å². The predicted octanol–water partition coefficient (Wildman–Crippen LogP) is 5.68. The first-order valence-electron chi connectivity index (χ1n) is 9.34. The van der Waals surface area contributed by atoms with Gasteiger partial charge in [0.1, 0.15) is 0 Å². The Hall–Kier alpha value is -2.87. The van der Waals surface area contributed by atoms with Gasteiger partial charge in [-0.25, -0.2) is 4.98 Å². The average Bonchev–Trinajstić information content (AvgIpc) is 3.23. The van der Waals surface area contributed by atoms with Crippen LogP contribution >= 0.6 is 35.0 Å². The normalized spacial score (nSPS) is 10.8. The van der Waals surface area contributed by atoms with Gasteiger partial charge in [0.05, 0.1) is 15.8 Å². The monoisotopic (exact) mass is 469 g/mol. The third-order valence-electron chi connectivity index (χ3n) is 4.47. The predicted molar refractivity (Wildman–Crippen MR) is 125 cm³/mol. The molecule has 0 saturated heterocycles. The number of hydrogen-bond acceptors (Lipinski definition) is 5. The molecule has 4 aromatic rings. The second kappa shape index (κ2) is 9.51. The van der Waals surface area contributed by atoms with Crippen LogP contribution in [0, 0.1) is 6.92 Å². The Kier molecular flexibility index (Phi) is 6.56. The Morgan fingerprint density at radius 2 is 1.71 bits per heavy atom. The molecule has 0 bridgehead atoms. The van der Waals surface area contributed by atoms with Gasteiger partial charge in [-0.1, -0.05) is 83.5 Å². The average molecular weight is 470 g/mol. The zero-order valence-electron chi connectivity index (χ0n) is 16.4. The SMILES string of the molecule is Cc1c(Cl)cnc(NC(=O)CSc2nnc(-c3ccccc3)n2-c2ccccc2)c1Cl. The van der Waals surface area contributed by atoms with E-state index in [1.165, 1.54) is 18.0 Å². The van der Waals surface area contributed by atoms with Crippen LogP contribution in [-0.2, 0) is 4.79 Å². The molecule has 0 radical (unpaired) electrons. The number of thioether (sulfide) groups is 1. The largest absolute Gasteiger partial charge is 0.309 e. The standard InChI is InChI=1S/C22H17Cl2N5OS/c1-14-17(23)12-25-20(19(14)24)26-18(30)13-31-22-28-27-21(15-8-4-2-5-9-15)29(22)16-10-6-3-7-11-16/h2-12H,13H2,1H3,(H,25,26,30). The molecule has 0 atom stereocenters. The van der Waals surface area contributed by atoms with Crippen molar-refractivity contribution in [2.24, 2.45) is 0 Å². The van der Waals surface area contributed by atoms with Crippen LogP contribution in [0.4, 0.5) is 5.82 Å². The molecule has 2 heterocycles.